The molecule has 0 bridgehead atoms. The Morgan fingerprint density at radius 1 is 1.06 bits per heavy atom. The summed E-state index contributed by atoms with van der Waals surface area (Å²) in [6, 6.07) is 8.06. The van der Waals surface area contributed by atoms with Crippen LogP contribution in [0.25, 0.3) is 33.5 Å². The molecule has 4 aromatic heterocycles. The average molecular weight is 235 g/mol. The van der Waals surface area contributed by atoms with E-state index in [1.807, 2.05) is 24.4 Å². The first-order valence-corrected chi connectivity index (χ1v) is 5.63. The molecule has 0 saturated heterocycles. The van der Waals surface area contributed by atoms with E-state index in [0.717, 1.165) is 33.5 Å². The number of pyridine rings is 2. The lowest BCUT2D eigenvalue weighted by Gasteiger charge is -1.96. The second kappa shape index (κ2) is 3.40. The van der Waals surface area contributed by atoms with E-state index in [2.05, 4.69) is 31.0 Å². The predicted molar refractivity (Wildman–Crippen MR) is 69.0 cm³/mol. The highest BCUT2D eigenvalue weighted by Crippen LogP contribution is 2.23. The fourth-order valence-corrected chi connectivity index (χ4v) is 2.09. The molecule has 4 rings (SSSR count). The van der Waals surface area contributed by atoms with Crippen molar-refractivity contribution < 1.29 is 0 Å². The van der Waals surface area contributed by atoms with E-state index >= 15 is 0 Å². The number of nitrogens with zero attached hydrogens (tertiary/aromatic N) is 3. The van der Waals surface area contributed by atoms with Crippen molar-refractivity contribution >= 4 is 22.2 Å². The number of imidazole rings is 1. The Kier molecular flexibility index (Phi) is 1.77. The van der Waals surface area contributed by atoms with Crippen molar-refractivity contribution in [2.24, 2.45) is 0 Å². The fraction of sp³-hybridized carbons (Fsp3) is 0. The third-order valence-electron chi connectivity index (χ3n) is 2.98. The van der Waals surface area contributed by atoms with Crippen molar-refractivity contribution in [3.63, 3.8) is 0 Å². The zero-order chi connectivity index (χ0) is 11.9. The van der Waals surface area contributed by atoms with Gasteiger partial charge in [-0.15, -0.1) is 0 Å². The summed E-state index contributed by atoms with van der Waals surface area (Å²) in [5.41, 5.74) is 4.57. The molecule has 0 fully saturated rings. The molecule has 0 aliphatic carbocycles. The number of H-pyrrole nitrogens is 2. The number of hydrogen-bond donors (Lipinski definition) is 2. The molecule has 0 spiro atoms. The van der Waals surface area contributed by atoms with Crippen molar-refractivity contribution in [3.05, 3.63) is 43.0 Å². The average Bonchev–Trinajstić information content (AvgIpc) is 3.04. The van der Waals surface area contributed by atoms with Crippen LogP contribution in [-0.2, 0) is 0 Å². The van der Waals surface area contributed by atoms with Crippen LogP contribution >= 0.6 is 0 Å². The highest BCUT2D eigenvalue weighted by atomic mass is 14.9. The molecule has 0 aliphatic rings. The molecule has 0 saturated carbocycles. The molecule has 2 N–H and O–H groups in total. The van der Waals surface area contributed by atoms with Gasteiger partial charge in [0.1, 0.15) is 5.65 Å². The molecule has 5 nitrogen and oxygen atoms in total. The molecule has 4 heterocycles. The Bertz CT molecular complexity index is 809. The third kappa shape index (κ3) is 1.31. The highest BCUT2D eigenvalue weighted by molar-refractivity contribution is 5.84. The van der Waals surface area contributed by atoms with Gasteiger partial charge in [-0.2, -0.15) is 0 Å². The Balaban J connectivity index is 1.94. The summed E-state index contributed by atoms with van der Waals surface area (Å²) < 4.78 is 0. The van der Waals surface area contributed by atoms with Gasteiger partial charge in [-0.05, 0) is 24.3 Å². The van der Waals surface area contributed by atoms with Crippen molar-refractivity contribution in [1.82, 2.24) is 24.9 Å². The molecule has 4 aromatic rings. The number of fused-ring (bicyclic) bond motifs is 2. The summed E-state index contributed by atoms with van der Waals surface area (Å²) >= 11 is 0. The zero-order valence-electron chi connectivity index (χ0n) is 9.38. The molecule has 0 aliphatic heterocycles. The molecule has 0 atom stereocenters. The van der Waals surface area contributed by atoms with Gasteiger partial charge in [0.15, 0.2) is 5.65 Å². The maximum atomic E-state index is 4.30. The van der Waals surface area contributed by atoms with Gasteiger partial charge in [0, 0.05) is 29.0 Å². The summed E-state index contributed by atoms with van der Waals surface area (Å²) in [7, 11) is 0. The van der Waals surface area contributed by atoms with Crippen LogP contribution in [0.2, 0.25) is 0 Å². The van der Waals surface area contributed by atoms with Crippen molar-refractivity contribution in [1.29, 1.82) is 0 Å². The first kappa shape index (κ1) is 9.35. The second-order valence-electron chi connectivity index (χ2n) is 4.12. The van der Waals surface area contributed by atoms with Crippen LogP contribution in [0.5, 0.6) is 0 Å². The van der Waals surface area contributed by atoms with Crippen LogP contribution in [0.1, 0.15) is 0 Å². The van der Waals surface area contributed by atoms with Gasteiger partial charge in [0.2, 0.25) is 0 Å². The van der Waals surface area contributed by atoms with Crippen molar-refractivity contribution in [2.75, 3.05) is 0 Å². The van der Waals surface area contributed by atoms with Crippen molar-refractivity contribution in [3.8, 4) is 11.3 Å². The Labute approximate surface area is 102 Å². The van der Waals surface area contributed by atoms with E-state index < -0.39 is 0 Å². The van der Waals surface area contributed by atoms with Gasteiger partial charge >= 0.3 is 0 Å². The number of rotatable bonds is 1. The van der Waals surface area contributed by atoms with Crippen LogP contribution in [0.4, 0.5) is 0 Å². The summed E-state index contributed by atoms with van der Waals surface area (Å²) in [5.74, 6) is 0. The van der Waals surface area contributed by atoms with Gasteiger partial charge < -0.3 is 9.97 Å². The number of aromatic nitrogens is 5. The normalized spacial score (nSPS) is 11.3. The van der Waals surface area contributed by atoms with Crippen LogP contribution in [-0.4, -0.2) is 24.9 Å². The monoisotopic (exact) mass is 235 g/mol. The summed E-state index contributed by atoms with van der Waals surface area (Å²) in [6.45, 7) is 0. The van der Waals surface area contributed by atoms with Crippen LogP contribution in [0, 0.1) is 0 Å². The van der Waals surface area contributed by atoms with E-state index in [-0.39, 0.29) is 0 Å². The van der Waals surface area contributed by atoms with Crippen LogP contribution in [0.15, 0.2) is 43.0 Å². The quantitative estimate of drug-likeness (QED) is 0.532. The first-order valence-electron chi connectivity index (χ1n) is 5.63. The highest BCUT2D eigenvalue weighted by Gasteiger charge is 2.06. The number of nitrogens with one attached hydrogen (secondary N) is 2. The smallest absolute Gasteiger partial charge is 0.177 e. The first-order chi connectivity index (χ1) is 8.90. The molecule has 18 heavy (non-hydrogen) atoms. The molecular formula is C13H9N5. The summed E-state index contributed by atoms with van der Waals surface area (Å²) in [5, 5.41) is 1.09. The Morgan fingerprint density at radius 2 is 2.06 bits per heavy atom. The molecule has 0 aromatic carbocycles. The minimum atomic E-state index is 0.730. The lowest BCUT2D eigenvalue weighted by Crippen LogP contribution is -1.82. The molecule has 5 heteroatoms. The predicted octanol–water partition coefficient (Wildman–Crippen LogP) is 2.50. The standard InChI is InChI=1S/C13H9N5/c1-2-8-4-10(18-12(8)14-3-1)9-5-11-13(15-6-9)17-7-16-11/h1-7H,(H,14,18)(H,15,16,17). The molecule has 0 unspecified atom stereocenters. The number of aromatic amines is 2. The van der Waals surface area contributed by atoms with E-state index in [4.69, 9.17) is 0 Å². The van der Waals surface area contributed by atoms with E-state index in [0.29, 0.717) is 0 Å². The van der Waals surface area contributed by atoms with E-state index in [1.165, 1.54) is 0 Å². The van der Waals surface area contributed by atoms with Crippen molar-refractivity contribution in [2.45, 2.75) is 0 Å². The summed E-state index contributed by atoms with van der Waals surface area (Å²) in [4.78, 5) is 19.0. The minimum absolute atomic E-state index is 0.730. The zero-order valence-corrected chi connectivity index (χ0v) is 9.38. The third-order valence-corrected chi connectivity index (χ3v) is 2.98. The maximum absolute atomic E-state index is 4.30. The van der Waals surface area contributed by atoms with Gasteiger partial charge in [-0.3, -0.25) is 0 Å². The Morgan fingerprint density at radius 3 is 3.00 bits per heavy atom. The number of hydrogen-bond acceptors (Lipinski definition) is 3. The van der Waals surface area contributed by atoms with Crippen LogP contribution in [0.3, 0.4) is 0 Å². The van der Waals surface area contributed by atoms with Gasteiger partial charge in [-0.25, -0.2) is 15.0 Å². The molecule has 0 amide bonds. The van der Waals surface area contributed by atoms with E-state index in [9.17, 15) is 0 Å². The lowest BCUT2D eigenvalue weighted by atomic mass is 10.2. The maximum Gasteiger partial charge on any atom is 0.177 e. The molecule has 0 radical (unpaired) electrons. The minimum Gasteiger partial charge on any atom is -0.343 e. The Hall–Kier alpha value is -2.69. The van der Waals surface area contributed by atoms with Gasteiger partial charge in [0.05, 0.1) is 11.8 Å². The molecule has 86 valence electrons. The largest absolute Gasteiger partial charge is 0.343 e. The summed E-state index contributed by atoms with van der Waals surface area (Å²) in [6.07, 6.45) is 5.24. The van der Waals surface area contributed by atoms with Gasteiger partial charge in [0.25, 0.3) is 0 Å². The van der Waals surface area contributed by atoms with E-state index in [1.54, 1.807) is 12.5 Å². The SMILES string of the molecule is c1cnc2[nH]c(-c3cnc4nc[nH]c4c3)cc2c1. The molecular weight excluding hydrogens is 226 g/mol. The fourth-order valence-electron chi connectivity index (χ4n) is 2.09. The topological polar surface area (TPSA) is 70.2 Å². The lowest BCUT2D eigenvalue weighted by molar-refractivity contribution is 1.29. The second-order valence-corrected chi connectivity index (χ2v) is 4.12. The van der Waals surface area contributed by atoms with Gasteiger partial charge in [-0.1, -0.05) is 0 Å². The van der Waals surface area contributed by atoms with Crippen LogP contribution < -0.4 is 0 Å².